The van der Waals surface area contributed by atoms with Crippen LogP contribution in [0.15, 0.2) is 17.5 Å². The van der Waals surface area contributed by atoms with Crippen molar-refractivity contribution in [1.29, 1.82) is 0 Å². The van der Waals surface area contributed by atoms with E-state index in [1.165, 1.54) is 11.3 Å². The average molecular weight is 187 g/mol. The van der Waals surface area contributed by atoms with Crippen molar-refractivity contribution in [2.75, 3.05) is 6.54 Å². The first kappa shape index (κ1) is 9.18. The number of rotatable bonds is 3. The van der Waals surface area contributed by atoms with E-state index in [1.807, 2.05) is 0 Å². The lowest BCUT2D eigenvalue weighted by molar-refractivity contribution is -0.158. The summed E-state index contributed by atoms with van der Waals surface area (Å²) in [4.78, 5) is 11.0. The van der Waals surface area contributed by atoms with Gasteiger partial charge < -0.3 is 15.9 Å². The molecule has 66 valence electrons. The van der Waals surface area contributed by atoms with Gasteiger partial charge in [0.15, 0.2) is 0 Å². The molecule has 1 atom stereocenters. The Labute approximate surface area is 73.3 Å². The van der Waals surface area contributed by atoms with Crippen LogP contribution >= 0.6 is 11.3 Å². The molecule has 0 aromatic carbocycles. The average Bonchev–Trinajstić information content (AvgIpc) is 2.54. The molecule has 1 heterocycles. The van der Waals surface area contributed by atoms with Gasteiger partial charge in [0.05, 0.1) is 0 Å². The van der Waals surface area contributed by atoms with Crippen LogP contribution in [0.1, 0.15) is 4.88 Å². The molecule has 1 rings (SSSR count). The van der Waals surface area contributed by atoms with Crippen LogP contribution in [0.2, 0.25) is 0 Å². The standard InChI is InChI=1S/C7H9NO3S/c8-4-7(11,6(9)10)5-2-1-3-12-5/h1-3,11H,4,8H2,(H,9,10). The molecule has 0 spiro atoms. The molecule has 0 aliphatic rings. The molecular formula is C7H9NO3S. The molecule has 0 amide bonds. The van der Waals surface area contributed by atoms with Crippen molar-refractivity contribution in [2.45, 2.75) is 5.60 Å². The van der Waals surface area contributed by atoms with Crippen LogP contribution in [0.5, 0.6) is 0 Å². The number of hydrogen-bond donors (Lipinski definition) is 3. The highest BCUT2D eigenvalue weighted by atomic mass is 32.1. The van der Waals surface area contributed by atoms with Crippen molar-refractivity contribution in [2.24, 2.45) is 5.73 Å². The van der Waals surface area contributed by atoms with Gasteiger partial charge in [0.25, 0.3) is 0 Å². The van der Waals surface area contributed by atoms with Crippen molar-refractivity contribution in [3.63, 3.8) is 0 Å². The molecule has 0 bridgehead atoms. The third-order valence-electron chi connectivity index (χ3n) is 1.58. The Balaban J connectivity index is 3.04. The Morgan fingerprint density at radius 1 is 1.75 bits per heavy atom. The molecule has 1 aromatic rings. The fourth-order valence-electron chi connectivity index (χ4n) is 0.807. The quantitative estimate of drug-likeness (QED) is 0.621. The third kappa shape index (κ3) is 1.34. The van der Waals surface area contributed by atoms with Gasteiger partial charge in [-0.05, 0) is 11.4 Å². The number of aliphatic carboxylic acids is 1. The van der Waals surface area contributed by atoms with Crippen LogP contribution in [-0.2, 0) is 10.4 Å². The second kappa shape index (κ2) is 3.22. The largest absolute Gasteiger partial charge is 0.479 e. The molecule has 1 unspecified atom stereocenters. The number of thiophene rings is 1. The minimum absolute atomic E-state index is 0.317. The zero-order valence-electron chi connectivity index (χ0n) is 6.23. The molecule has 5 heteroatoms. The van der Waals surface area contributed by atoms with Gasteiger partial charge in [-0.3, -0.25) is 0 Å². The smallest absolute Gasteiger partial charge is 0.342 e. The number of carboxylic acid groups (broad SMARTS) is 1. The Kier molecular flexibility index (Phi) is 2.46. The van der Waals surface area contributed by atoms with Crippen molar-refractivity contribution in [3.05, 3.63) is 22.4 Å². The second-order valence-corrected chi connectivity index (χ2v) is 3.29. The van der Waals surface area contributed by atoms with E-state index in [1.54, 1.807) is 17.5 Å². The molecule has 0 radical (unpaired) electrons. The summed E-state index contributed by atoms with van der Waals surface area (Å²) in [6, 6.07) is 3.22. The van der Waals surface area contributed by atoms with Crippen molar-refractivity contribution in [1.82, 2.24) is 0 Å². The van der Waals surface area contributed by atoms with E-state index in [0.29, 0.717) is 4.88 Å². The number of carboxylic acids is 1. The molecule has 4 N–H and O–H groups in total. The summed E-state index contributed by atoms with van der Waals surface area (Å²) in [6.45, 7) is -0.317. The van der Waals surface area contributed by atoms with Crippen LogP contribution in [0.25, 0.3) is 0 Å². The zero-order chi connectivity index (χ0) is 9.19. The summed E-state index contributed by atoms with van der Waals surface area (Å²) in [6.07, 6.45) is 0. The molecule has 0 saturated carbocycles. The molecular weight excluding hydrogens is 178 g/mol. The van der Waals surface area contributed by atoms with Crippen LogP contribution in [0, 0.1) is 0 Å². The van der Waals surface area contributed by atoms with E-state index in [-0.39, 0.29) is 6.54 Å². The fourth-order valence-corrected chi connectivity index (χ4v) is 1.63. The van der Waals surface area contributed by atoms with Gasteiger partial charge in [-0.2, -0.15) is 0 Å². The normalized spacial score (nSPS) is 15.5. The fraction of sp³-hybridized carbons (Fsp3) is 0.286. The van der Waals surface area contributed by atoms with Crippen molar-refractivity contribution < 1.29 is 15.0 Å². The predicted molar refractivity (Wildman–Crippen MR) is 44.9 cm³/mol. The molecule has 12 heavy (non-hydrogen) atoms. The molecule has 1 aromatic heterocycles. The van der Waals surface area contributed by atoms with Crippen LogP contribution in [-0.4, -0.2) is 22.7 Å². The maximum Gasteiger partial charge on any atom is 0.342 e. The third-order valence-corrected chi connectivity index (χ3v) is 2.60. The van der Waals surface area contributed by atoms with Gasteiger partial charge in [-0.15, -0.1) is 11.3 Å². The van der Waals surface area contributed by atoms with E-state index in [0.717, 1.165) is 0 Å². The Morgan fingerprint density at radius 3 is 2.75 bits per heavy atom. The molecule has 0 aliphatic heterocycles. The number of carbonyl (C=O) groups is 1. The molecule has 0 saturated heterocycles. The van der Waals surface area contributed by atoms with E-state index in [4.69, 9.17) is 10.8 Å². The minimum atomic E-state index is -1.92. The SMILES string of the molecule is NCC(O)(C(=O)O)c1cccs1. The highest BCUT2D eigenvalue weighted by Crippen LogP contribution is 2.24. The molecule has 0 aliphatic carbocycles. The van der Waals surface area contributed by atoms with E-state index < -0.39 is 11.6 Å². The van der Waals surface area contributed by atoms with Gasteiger partial charge in [0, 0.05) is 11.4 Å². The van der Waals surface area contributed by atoms with Crippen molar-refractivity contribution >= 4 is 17.3 Å². The topological polar surface area (TPSA) is 83.5 Å². The number of nitrogens with two attached hydrogens (primary N) is 1. The van der Waals surface area contributed by atoms with Crippen LogP contribution in [0.3, 0.4) is 0 Å². The lowest BCUT2D eigenvalue weighted by atomic mass is 10.0. The van der Waals surface area contributed by atoms with E-state index in [2.05, 4.69) is 0 Å². The molecule has 0 fully saturated rings. The van der Waals surface area contributed by atoms with Crippen LogP contribution in [0.4, 0.5) is 0 Å². The Morgan fingerprint density at radius 2 is 2.42 bits per heavy atom. The summed E-state index contributed by atoms with van der Waals surface area (Å²) in [5.74, 6) is -1.31. The monoisotopic (exact) mass is 187 g/mol. The Hall–Kier alpha value is -0.910. The zero-order valence-corrected chi connectivity index (χ0v) is 7.04. The molecule has 4 nitrogen and oxygen atoms in total. The summed E-state index contributed by atoms with van der Waals surface area (Å²) >= 11 is 1.17. The summed E-state index contributed by atoms with van der Waals surface area (Å²) < 4.78 is 0. The van der Waals surface area contributed by atoms with Crippen molar-refractivity contribution in [3.8, 4) is 0 Å². The maximum atomic E-state index is 10.6. The highest BCUT2D eigenvalue weighted by Gasteiger charge is 2.37. The maximum absolute atomic E-state index is 10.6. The van der Waals surface area contributed by atoms with Gasteiger partial charge >= 0.3 is 5.97 Å². The second-order valence-electron chi connectivity index (χ2n) is 2.35. The summed E-state index contributed by atoms with van der Waals surface area (Å²) in [5, 5.41) is 19.9. The van der Waals surface area contributed by atoms with Gasteiger partial charge in [-0.25, -0.2) is 4.79 Å². The lowest BCUT2D eigenvalue weighted by Gasteiger charge is -2.19. The number of aliphatic hydroxyl groups is 1. The van der Waals surface area contributed by atoms with Gasteiger partial charge in [0.2, 0.25) is 5.60 Å². The van der Waals surface area contributed by atoms with E-state index >= 15 is 0 Å². The lowest BCUT2D eigenvalue weighted by Crippen LogP contribution is -2.42. The first-order chi connectivity index (χ1) is 5.61. The van der Waals surface area contributed by atoms with Crippen LogP contribution < -0.4 is 5.73 Å². The first-order valence-corrected chi connectivity index (χ1v) is 4.19. The first-order valence-electron chi connectivity index (χ1n) is 3.31. The minimum Gasteiger partial charge on any atom is -0.479 e. The summed E-state index contributed by atoms with van der Waals surface area (Å²) in [5.41, 5.74) is 3.25. The Bertz CT molecular complexity index is 272. The van der Waals surface area contributed by atoms with Gasteiger partial charge in [0.1, 0.15) is 0 Å². The summed E-state index contributed by atoms with van der Waals surface area (Å²) in [7, 11) is 0. The highest BCUT2D eigenvalue weighted by molar-refractivity contribution is 7.10. The number of hydrogen-bond acceptors (Lipinski definition) is 4. The van der Waals surface area contributed by atoms with E-state index in [9.17, 15) is 9.90 Å². The van der Waals surface area contributed by atoms with Gasteiger partial charge in [-0.1, -0.05) is 6.07 Å². The predicted octanol–water partition coefficient (Wildman–Crippen LogP) is -0.0210.